The van der Waals surface area contributed by atoms with Crippen LogP contribution in [0.25, 0.3) is 0 Å². The molecule has 1 saturated heterocycles. The van der Waals surface area contributed by atoms with Gasteiger partial charge in [-0.25, -0.2) is 4.98 Å². The van der Waals surface area contributed by atoms with Crippen LogP contribution in [0, 0.1) is 11.8 Å². The molecule has 1 aliphatic carbocycles. The summed E-state index contributed by atoms with van der Waals surface area (Å²) in [5.41, 5.74) is 1.13. The van der Waals surface area contributed by atoms with Crippen LogP contribution in [0.3, 0.4) is 0 Å². The summed E-state index contributed by atoms with van der Waals surface area (Å²) in [5.74, 6) is 3.54. The van der Waals surface area contributed by atoms with Gasteiger partial charge in [-0.05, 0) is 42.9 Å². The number of likely N-dealkylation sites (tertiary alicyclic amines) is 1. The van der Waals surface area contributed by atoms with Crippen LogP contribution in [-0.2, 0) is 6.54 Å². The molecule has 28 heavy (non-hydrogen) atoms. The largest absolute Gasteiger partial charge is 0.497 e. The molecule has 1 aromatic carbocycles. The highest BCUT2D eigenvalue weighted by Crippen LogP contribution is 2.38. The first-order valence-electron chi connectivity index (χ1n) is 9.80. The molecule has 7 heteroatoms. The third-order valence-electron chi connectivity index (χ3n) is 6.00. The van der Waals surface area contributed by atoms with Crippen molar-refractivity contribution < 1.29 is 14.6 Å². The van der Waals surface area contributed by atoms with Gasteiger partial charge in [0, 0.05) is 37.6 Å². The van der Waals surface area contributed by atoms with Crippen molar-refractivity contribution in [2.24, 2.45) is 11.8 Å². The Morgan fingerprint density at radius 3 is 2.68 bits per heavy atom. The van der Waals surface area contributed by atoms with Crippen LogP contribution in [0.5, 0.6) is 11.5 Å². The lowest BCUT2D eigenvalue weighted by Crippen LogP contribution is -2.43. The van der Waals surface area contributed by atoms with Gasteiger partial charge in [-0.2, -0.15) is 0 Å². The third kappa shape index (κ3) is 4.05. The van der Waals surface area contributed by atoms with E-state index >= 15 is 0 Å². The van der Waals surface area contributed by atoms with Crippen molar-refractivity contribution in [3.63, 3.8) is 0 Å². The van der Waals surface area contributed by atoms with Crippen LogP contribution in [0.4, 0.5) is 5.82 Å². The second-order valence-corrected chi connectivity index (χ2v) is 7.77. The Balaban J connectivity index is 1.41. The minimum absolute atomic E-state index is 0.0178. The van der Waals surface area contributed by atoms with E-state index in [1.54, 1.807) is 32.8 Å². The molecule has 4 rings (SSSR count). The van der Waals surface area contributed by atoms with Gasteiger partial charge >= 0.3 is 0 Å². The molecule has 150 valence electrons. The number of nitrogens with one attached hydrogen (secondary N) is 1. The van der Waals surface area contributed by atoms with Crippen LogP contribution in [0.2, 0.25) is 0 Å². The average molecular weight is 384 g/mol. The third-order valence-corrected chi connectivity index (χ3v) is 6.00. The number of hydrogen-bond donors (Lipinski definition) is 2. The van der Waals surface area contributed by atoms with Gasteiger partial charge in [0.05, 0.1) is 32.6 Å². The lowest BCUT2D eigenvalue weighted by molar-refractivity contribution is 0.0735. The van der Waals surface area contributed by atoms with Gasteiger partial charge in [-0.3, -0.25) is 9.88 Å². The number of nitrogens with zero attached hydrogens (tertiary/aromatic N) is 3. The Kier molecular flexibility index (Phi) is 5.64. The summed E-state index contributed by atoms with van der Waals surface area (Å²) in [6.45, 7) is 2.85. The van der Waals surface area contributed by atoms with Gasteiger partial charge in [-0.15, -0.1) is 0 Å². The minimum atomic E-state index is -0.366. The van der Waals surface area contributed by atoms with Crippen molar-refractivity contribution in [1.29, 1.82) is 0 Å². The molecule has 1 saturated carbocycles. The van der Waals surface area contributed by atoms with Gasteiger partial charge in [0.15, 0.2) is 0 Å². The number of anilines is 1. The SMILES string of the molecule is COc1ccc(OC)c(CN2C[C@H]3C[C@@H](Nc4cnccn4)[C@H](O)C[C@H]3C2)c1. The van der Waals surface area contributed by atoms with Crippen molar-refractivity contribution in [3.05, 3.63) is 42.4 Å². The summed E-state index contributed by atoms with van der Waals surface area (Å²) in [6.07, 6.45) is 6.41. The van der Waals surface area contributed by atoms with E-state index in [-0.39, 0.29) is 12.1 Å². The molecule has 2 aliphatic rings. The second kappa shape index (κ2) is 8.32. The van der Waals surface area contributed by atoms with Crippen LogP contribution in [0.1, 0.15) is 18.4 Å². The minimum Gasteiger partial charge on any atom is -0.497 e. The first-order valence-corrected chi connectivity index (χ1v) is 9.80. The predicted octanol–water partition coefficient (Wildman–Crippen LogP) is 2.18. The van der Waals surface area contributed by atoms with Gasteiger partial charge < -0.3 is 19.9 Å². The molecular formula is C21H28N4O3. The summed E-state index contributed by atoms with van der Waals surface area (Å²) in [4.78, 5) is 10.8. The zero-order valence-corrected chi connectivity index (χ0v) is 16.4. The molecule has 0 bridgehead atoms. The van der Waals surface area contributed by atoms with Crippen LogP contribution < -0.4 is 14.8 Å². The molecule has 2 heterocycles. The summed E-state index contributed by atoms with van der Waals surface area (Å²) >= 11 is 0. The maximum atomic E-state index is 10.6. The first kappa shape index (κ1) is 19.0. The van der Waals surface area contributed by atoms with Crippen LogP contribution >= 0.6 is 0 Å². The number of fused-ring (bicyclic) bond motifs is 1. The van der Waals surface area contributed by atoms with Crippen molar-refractivity contribution >= 4 is 5.82 Å². The van der Waals surface area contributed by atoms with Crippen molar-refractivity contribution in [3.8, 4) is 11.5 Å². The lowest BCUT2D eigenvalue weighted by atomic mass is 9.77. The maximum absolute atomic E-state index is 10.6. The topological polar surface area (TPSA) is 79.7 Å². The van der Waals surface area contributed by atoms with Crippen molar-refractivity contribution in [2.45, 2.75) is 31.5 Å². The van der Waals surface area contributed by atoms with Crippen molar-refractivity contribution in [2.75, 3.05) is 32.6 Å². The molecule has 2 N–H and O–H groups in total. The van der Waals surface area contributed by atoms with E-state index < -0.39 is 0 Å². The number of aliphatic hydroxyl groups is 1. The highest BCUT2D eigenvalue weighted by molar-refractivity contribution is 5.40. The number of hydrogen-bond acceptors (Lipinski definition) is 7. The molecule has 1 aliphatic heterocycles. The fourth-order valence-electron chi connectivity index (χ4n) is 4.62. The van der Waals surface area contributed by atoms with Gasteiger partial charge in [0.25, 0.3) is 0 Å². The van der Waals surface area contributed by atoms with E-state index in [0.717, 1.165) is 55.4 Å². The van der Waals surface area contributed by atoms with E-state index in [1.807, 2.05) is 18.2 Å². The lowest BCUT2D eigenvalue weighted by Gasteiger charge is -2.35. The number of rotatable bonds is 6. The standard InChI is InChI=1S/C21H28N4O3/c1-27-17-3-4-20(28-2)16(7-17)13-25-11-14-8-18(19(26)9-15(14)12-25)24-21-10-22-5-6-23-21/h3-7,10,14-15,18-19,26H,8-9,11-13H2,1-2H3,(H,23,24)/t14-,15+,18-,19-/m1/s1. The Morgan fingerprint density at radius 2 is 1.96 bits per heavy atom. The molecular weight excluding hydrogens is 356 g/mol. The fourth-order valence-corrected chi connectivity index (χ4v) is 4.62. The summed E-state index contributed by atoms with van der Waals surface area (Å²) in [5, 5.41) is 14.0. The van der Waals surface area contributed by atoms with E-state index in [1.165, 1.54) is 0 Å². The number of aliphatic hydroxyl groups excluding tert-OH is 1. The van der Waals surface area contributed by atoms with Crippen molar-refractivity contribution in [1.82, 2.24) is 14.9 Å². The van der Waals surface area contributed by atoms with Gasteiger partial charge in [-0.1, -0.05) is 0 Å². The summed E-state index contributed by atoms with van der Waals surface area (Å²) < 4.78 is 10.9. The monoisotopic (exact) mass is 384 g/mol. The quantitative estimate of drug-likeness (QED) is 0.790. The normalized spacial score (nSPS) is 27.2. The maximum Gasteiger partial charge on any atom is 0.144 e. The molecule has 7 nitrogen and oxygen atoms in total. The van der Waals surface area contributed by atoms with Gasteiger partial charge in [0.2, 0.25) is 0 Å². The van der Waals surface area contributed by atoms with Crippen LogP contribution in [-0.4, -0.2) is 59.4 Å². The zero-order chi connectivity index (χ0) is 19.5. The molecule has 0 unspecified atom stereocenters. The number of methoxy groups -OCH3 is 2. The summed E-state index contributed by atoms with van der Waals surface area (Å²) in [7, 11) is 3.38. The second-order valence-electron chi connectivity index (χ2n) is 7.77. The zero-order valence-electron chi connectivity index (χ0n) is 16.4. The van der Waals surface area contributed by atoms with E-state index in [2.05, 4.69) is 20.2 Å². The number of aromatic nitrogens is 2. The predicted molar refractivity (Wildman–Crippen MR) is 106 cm³/mol. The van der Waals surface area contributed by atoms with E-state index in [4.69, 9.17) is 9.47 Å². The summed E-state index contributed by atoms with van der Waals surface area (Å²) in [6, 6.07) is 5.95. The smallest absolute Gasteiger partial charge is 0.144 e. The number of ether oxygens (including phenoxy) is 2. The Labute approximate surface area is 165 Å². The van der Waals surface area contributed by atoms with E-state index in [9.17, 15) is 5.11 Å². The Morgan fingerprint density at radius 1 is 1.14 bits per heavy atom. The van der Waals surface area contributed by atoms with Crippen LogP contribution in [0.15, 0.2) is 36.8 Å². The molecule has 0 amide bonds. The average Bonchev–Trinajstić information content (AvgIpc) is 3.09. The molecule has 1 aromatic heterocycles. The number of benzene rings is 1. The molecule has 4 atom stereocenters. The highest BCUT2D eigenvalue weighted by Gasteiger charge is 2.41. The fraction of sp³-hybridized carbons (Fsp3) is 0.524. The van der Waals surface area contributed by atoms with E-state index in [0.29, 0.717) is 11.8 Å². The highest BCUT2D eigenvalue weighted by atomic mass is 16.5. The molecule has 2 fully saturated rings. The first-order chi connectivity index (χ1) is 13.7. The molecule has 0 radical (unpaired) electrons. The Bertz CT molecular complexity index is 788. The molecule has 0 spiro atoms. The van der Waals surface area contributed by atoms with Gasteiger partial charge in [0.1, 0.15) is 17.3 Å². The Hall–Kier alpha value is -2.38. The molecule has 2 aromatic rings.